The number of carbonyl (C=O) groups is 2. The fourth-order valence-corrected chi connectivity index (χ4v) is 4.27. The van der Waals surface area contributed by atoms with Crippen molar-refractivity contribution in [3.8, 4) is 0 Å². The number of ketones is 1. The van der Waals surface area contributed by atoms with E-state index >= 15 is 0 Å². The molecule has 0 atom stereocenters. The zero-order valence-corrected chi connectivity index (χ0v) is 17.2. The summed E-state index contributed by atoms with van der Waals surface area (Å²) in [6.07, 6.45) is 5.72. The van der Waals surface area contributed by atoms with Crippen molar-refractivity contribution in [1.29, 1.82) is 0 Å². The predicted molar refractivity (Wildman–Crippen MR) is 111 cm³/mol. The van der Waals surface area contributed by atoms with Crippen molar-refractivity contribution in [1.82, 2.24) is 14.5 Å². The Morgan fingerprint density at radius 1 is 1.21 bits per heavy atom. The number of fused-ring (bicyclic) bond motifs is 1. The number of aryl methyl sites for hydroxylation is 1. The number of benzene rings is 1. The van der Waals surface area contributed by atoms with Crippen LogP contribution in [0.2, 0.25) is 0 Å². The number of aromatic nitrogens is 2. The van der Waals surface area contributed by atoms with E-state index < -0.39 is 0 Å². The lowest BCUT2D eigenvalue weighted by Crippen LogP contribution is -2.37. The summed E-state index contributed by atoms with van der Waals surface area (Å²) in [5.41, 5.74) is 4.47. The van der Waals surface area contributed by atoms with E-state index in [1.807, 2.05) is 18.5 Å². The van der Waals surface area contributed by atoms with Crippen molar-refractivity contribution in [2.75, 3.05) is 31.1 Å². The maximum atomic E-state index is 13.2. The van der Waals surface area contributed by atoms with Crippen LogP contribution < -0.4 is 4.90 Å². The van der Waals surface area contributed by atoms with Crippen LogP contribution in [-0.2, 0) is 11.8 Å². The normalized spacial score (nSPS) is 16.8. The first-order chi connectivity index (χ1) is 13.5. The Balaban J connectivity index is 1.79. The average molecular weight is 383 g/mol. The van der Waals surface area contributed by atoms with Crippen LogP contribution >= 0.6 is 0 Å². The van der Waals surface area contributed by atoms with Gasteiger partial charge in [0.25, 0.3) is 5.91 Å². The topological polar surface area (TPSA) is 58.4 Å². The number of hydrogen-bond donors (Lipinski definition) is 0. The number of hydrogen-bond acceptors (Lipinski definition) is 4. The van der Waals surface area contributed by atoms with Gasteiger partial charge in [0.1, 0.15) is 11.3 Å². The smallest absolute Gasteiger partial charge is 0.290 e. The molecule has 0 unspecified atom stereocenters. The Morgan fingerprint density at radius 2 is 1.93 bits per heavy atom. The molecule has 0 N–H and O–H groups in total. The molecule has 1 amide bonds. The third-order valence-corrected chi connectivity index (χ3v) is 5.87. The fourth-order valence-electron chi connectivity index (χ4n) is 4.27. The number of nitrogens with zero attached hydrogens (tertiary/aromatic N) is 4. The van der Waals surface area contributed by atoms with E-state index in [2.05, 4.69) is 17.0 Å². The maximum Gasteiger partial charge on any atom is 0.290 e. The summed E-state index contributed by atoms with van der Waals surface area (Å²) in [7, 11) is 1.92. The second-order valence-electron chi connectivity index (χ2n) is 8.30. The quantitative estimate of drug-likeness (QED) is 0.735. The minimum atomic E-state index is -0.156. The van der Waals surface area contributed by atoms with Crippen LogP contribution in [0.3, 0.4) is 0 Å². The molecule has 1 aliphatic heterocycles. The van der Waals surface area contributed by atoms with E-state index in [-0.39, 0.29) is 18.2 Å². The van der Waals surface area contributed by atoms with Crippen molar-refractivity contribution in [2.24, 2.45) is 7.05 Å². The molecule has 1 aromatic heterocycles. The van der Waals surface area contributed by atoms with Crippen LogP contribution in [-0.4, -0.2) is 52.3 Å². The van der Waals surface area contributed by atoms with E-state index in [0.717, 1.165) is 30.5 Å². The summed E-state index contributed by atoms with van der Waals surface area (Å²) in [5.74, 6) is 0.914. The number of carbonyl (C=O) groups excluding carboxylic acids is 2. The molecule has 1 aliphatic carbocycles. The fraction of sp³-hybridized carbons (Fsp3) is 0.591. The molecule has 0 radical (unpaired) electrons. The van der Waals surface area contributed by atoms with Crippen LogP contribution in [0.1, 0.15) is 68.1 Å². The summed E-state index contributed by atoms with van der Waals surface area (Å²) in [4.78, 5) is 33.7. The van der Waals surface area contributed by atoms with Gasteiger partial charge in [0, 0.05) is 26.7 Å². The van der Waals surface area contributed by atoms with E-state index in [1.165, 1.54) is 43.9 Å². The number of imidazole rings is 1. The average Bonchev–Trinajstić information content (AvgIpc) is 3.27. The maximum absolute atomic E-state index is 13.2. The van der Waals surface area contributed by atoms with E-state index in [4.69, 9.17) is 4.98 Å². The molecule has 1 saturated heterocycles. The molecule has 6 heteroatoms. The second kappa shape index (κ2) is 7.57. The van der Waals surface area contributed by atoms with Gasteiger partial charge in [-0.25, -0.2) is 4.98 Å². The van der Waals surface area contributed by atoms with Crippen LogP contribution in [0, 0.1) is 0 Å². The van der Waals surface area contributed by atoms with Gasteiger partial charge in [-0.15, -0.1) is 0 Å². The Bertz CT molecular complexity index is 907. The number of amides is 1. The molecule has 6 nitrogen and oxygen atoms in total. The van der Waals surface area contributed by atoms with Gasteiger partial charge in [-0.1, -0.05) is 6.92 Å². The van der Waals surface area contributed by atoms with Gasteiger partial charge in [-0.3, -0.25) is 9.59 Å². The summed E-state index contributed by atoms with van der Waals surface area (Å²) in [6.45, 7) is 6.35. The Hall–Kier alpha value is -2.37. The van der Waals surface area contributed by atoms with Gasteiger partial charge < -0.3 is 14.4 Å². The van der Waals surface area contributed by atoms with Crippen molar-refractivity contribution >= 4 is 28.4 Å². The minimum absolute atomic E-state index is 0.00524. The summed E-state index contributed by atoms with van der Waals surface area (Å²) < 4.78 is 1.92. The van der Waals surface area contributed by atoms with Gasteiger partial charge in [0.05, 0.1) is 17.7 Å². The Morgan fingerprint density at radius 3 is 2.54 bits per heavy atom. The van der Waals surface area contributed by atoms with E-state index in [1.54, 1.807) is 4.90 Å². The SMILES string of the molecule is CCCN(CC(C)=O)C(=O)c1nc2c(N3CCCC3)cc(C3CC3)cc2n1C. The van der Waals surface area contributed by atoms with Crippen LogP contribution in [0.4, 0.5) is 5.69 Å². The predicted octanol–water partition coefficient (Wildman–Crippen LogP) is 3.49. The Kier molecular flexibility index (Phi) is 5.13. The molecule has 28 heavy (non-hydrogen) atoms. The zero-order valence-electron chi connectivity index (χ0n) is 17.2. The number of Topliss-reactive ketones (excluding diaryl/α,β-unsaturated/α-hetero) is 1. The van der Waals surface area contributed by atoms with E-state index in [0.29, 0.717) is 18.3 Å². The molecule has 2 fully saturated rings. The largest absolute Gasteiger partial charge is 0.370 e. The first kappa shape index (κ1) is 19.0. The highest BCUT2D eigenvalue weighted by atomic mass is 16.2. The summed E-state index contributed by atoms with van der Waals surface area (Å²) in [6, 6.07) is 4.51. The molecule has 0 bridgehead atoms. The highest BCUT2D eigenvalue weighted by Crippen LogP contribution is 2.43. The monoisotopic (exact) mass is 382 g/mol. The number of anilines is 1. The van der Waals surface area contributed by atoms with Crippen LogP contribution in [0.15, 0.2) is 12.1 Å². The molecule has 2 heterocycles. The molecular weight excluding hydrogens is 352 g/mol. The number of rotatable bonds is 7. The van der Waals surface area contributed by atoms with E-state index in [9.17, 15) is 9.59 Å². The molecule has 1 aromatic carbocycles. The zero-order chi connectivity index (χ0) is 19.8. The molecule has 2 aromatic rings. The van der Waals surface area contributed by atoms with Gasteiger partial charge in [0.15, 0.2) is 5.82 Å². The molecule has 1 saturated carbocycles. The van der Waals surface area contributed by atoms with Crippen molar-refractivity contribution in [3.63, 3.8) is 0 Å². The third-order valence-electron chi connectivity index (χ3n) is 5.87. The summed E-state index contributed by atoms with van der Waals surface area (Å²) >= 11 is 0. The standard InChI is InChI=1S/C22H30N4O2/c1-4-9-26(14-15(2)27)22(28)21-23-20-18(24(21)3)12-17(16-7-8-16)13-19(20)25-10-5-6-11-25/h12-13,16H,4-11,14H2,1-3H3. The van der Waals surface area contributed by atoms with Crippen molar-refractivity contribution in [2.45, 2.75) is 51.9 Å². The molecule has 4 rings (SSSR count). The lowest BCUT2D eigenvalue weighted by atomic mass is 10.1. The van der Waals surface area contributed by atoms with Crippen molar-refractivity contribution in [3.05, 3.63) is 23.5 Å². The summed E-state index contributed by atoms with van der Waals surface area (Å²) in [5, 5.41) is 0. The first-order valence-electron chi connectivity index (χ1n) is 10.5. The van der Waals surface area contributed by atoms with Gasteiger partial charge in [-0.2, -0.15) is 0 Å². The molecule has 2 aliphatic rings. The lowest BCUT2D eigenvalue weighted by molar-refractivity contribution is -0.117. The lowest BCUT2D eigenvalue weighted by Gasteiger charge is -2.20. The Labute approximate surface area is 166 Å². The van der Waals surface area contributed by atoms with Gasteiger partial charge >= 0.3 is 0 Å². The molecular formula is C22H30N4O2. The van der Waals surface area contributed by atoms with Gasteiger partial charge in [-0.05, 0) is 62.6 Å². The van der Waals surface area contributed by atoms with Crippen LogP contribution in [0.5, 0.6) is 0 Å². The molecule has 0 spiro atoms. The second-order valence-corrected chi connectivity index (χ2v) is 8.30. The molecule has 150 valence electrons. The highest BCUT2D eigenvalue weighted by Gasteiger charge is 2.29. The van der Waals surface area contributed by atoms with Crippen molar-refractivity contribution < 1.29 is 9.59 Å². The van der Waals surface area contributed by atoms with Gasteiger partial charge in [0.2, 0.25) is 0 Å². The highest BCUT2D eigenvalue weighted by molar-refractivity contribution is 5.99. The first-order valence-corrected chi connectivity index (χ1v) is 10.5. The third kappa shape index (κ3) is 3.52. The minimum Gasteiger partial charge on any atom is -0.370 e. The van der Waals surface area contributed by atoms with Crippen LogP contribution in [0.25, 0.3) is 11.0 Å².